The van der Waals surface area contributed by atoms with Crippen molar-refractivity contribution in [1.82, 2.24) is 0 Å². The molecule has 0 saturated heterocycles. The molecule has 0 bridgehead atoms. The molecule has 124 valence electrons. The Hall–Kier alpha value is -0.0105. The van der Waals surface area contributed by atoms with Crippen molar-refractivity contribution in [3.8, 4) is 0 Å². The summed E-state index contributed by atoms with van der Waals surface area (Å²) < 4.78 is 0. The second-order valence-corrected chi connectivity index (χ2v) is 5.72. The van der Waals surface area contributed by atoms with Crippen molar-refractivity contribution >= 4 is 5.97 Å². The molecular formula is C17H33CuO2. The summed E-state index contributed by atoms with van der Waals surface area (Å²) in [6.45, 7) is 2.26. The molecule has 0 amide bonds. The molecule has 0 N–H and O–H groups in total. The van der Waals surface area contributed by atoms with E-state index < -0.39 is 5.97 Å². The van der Waals surface area contributed by atoms with Crippen LogP contribution in [0.25, 0.3) is 0 Å². The number of unbranched alkanes of at least 4 members (excludes halogenated alkanes) is 13. The van der Waals surface area contributed by atoms with Gasteiger partial charge in [0.25, 0.3) is 0 Å². The van der Waals surface area contributed by atoms with Crippen LogP contribution in [0.1, 0.15) is 103 Å². The van der Waals surface area contributed by atoms with Gasteiger partial charge >= 0.3 is 17.1 Å². The first kappa shape index (κ1) is 22.3. The van der Waals surface area contributed by atoms with Crippen molar-refractivity contribution in [2.24, 2.45) is 0 Å². The molecule has 2 nitrogen and oxygen atoms in total. The quantitative estimate of drug-likeness (QED) is 0.324. The van der Waals surface area contributed by atoms with Crippen LogP contribution in [0, 0.1) is 0 Å². The van der Waals surface area contributed by atoms with E-state index in [1.165, 1.54) is 77.0 Å². The van der Waals surface area contributed by atoms with Crippen LogP contribution >= 0.6 is 0 Å². The Kier molecular flexibility index (Phi) is 21.1. The molecule has 0 rings (SSSR count). The van der Waals surface area contributed by atoms with Gasteiger partial charge in [-0.3, -0.25) is 0 Å². The van der Waals surface area contributed by atoms with Crippen LogP contribution in [0.5, 0.6) is 0 Å². The predicted molar refractivity (Wildman–Crippen MR) is 79.9 cm³/mol. The van der Waals surface area contributed by atoms with Crippen molar-refractivity contribution < 1.29 is 27.0 Å². The average Bonchev–Trinajstić information content (AvgIpc) is 2.39. The topological polar surface area (TPSA) is 40.1 Å². The first-order chi connectivity index (χ1) is 9.27. The number of hydrogen-bond donors (Lipinski definition) is 0. The van der Waals surface area contributed by atoms with Crippen molar-refractivity contribution in [1.29, 1.82) is 0 Å². The molecule has 0 unspecified atom stereocenters. The molecule has 0 fully saturated rings. The Morgan fingerprint density at radius 1 is 0.650 bits per heavy atom. The summed E-state index contributed by atoms with van der Waals surface area (Å²) in [7, 11) is 0. The van der Waals surface area contributed by atoms with E-state index in [4.69, 9.17) is 0 Å². The molecule has 0 aliphatic carbocycles. The monoisotopic (exact) mass is 332 g/mol. The molecule has 0 aromatic carbocycles. The third kappa shape index (κ3) is 20.3. The average molecular weight is 333 g/mol. The summed E-state index contributed by atoms with van der Waals surface area (Å²) in [6.07, 6.45) is 18.4. The Bertz CT molecular complexity index is 195. The third-order valence-electron chi connectivity index (χ3n) is 3.73. The van der Waals surface area contributed by atoms with E-state index >= 15 is 0 Å². The van der Waals surface area contributed by atoms with Gasteiger partial charge in [0.1, 0.15) is 0 Å². The third-order valence-corrected chi connectivity index (χ3v) is 3.73. The van der Waals surface area contributed by atoms with Gasteiger partial charge in [0, 0.05) is 5.97 Å². The SMILES string of the molecule is CCCCCCCCCCCCCCCCC(=O)[O-].[Cu+]. The zero-order valence-corrected chi connectivity index (χ0v) is 14.2. The van der Waals surface area contributed by atoms with Crippen LogP contribution in [0.15, 0.2) is 0 Å². The van der Waals surface area contributed by atoms with Crippen LogP contribution in [0.3, 0.4) is 0 Å². The Balaban J connectivity index is 0. The molecule has 0 radical (unpaired) electrons. The van der Waals surface area contributed by atoms with Gasteiger partial charge in [-0.25, -0.2) is 0 Å². The number of rotatable bonds is 15. The summed E-state index contributed by atoms with van der Waals surface area (Å²) in [5, 5.41) is 10.2. The zero-order valence-electron chi connectivity index (χ0n) is 13.2. The molecule has 0 aromatic heterocycles. The number of hydrogen-bond acceptors (Lipinski definition) is 2. The Labute approximate surface area is 136 Å². The van der Waals surface area contributed by atoms with Crippen molar-refractivity contribution in [3.05, 3.63) is 0 Å². The molecule has 0 atom stereocenters. The fourth-order valence-corrected chi connectivity index (χ4v) is 2.46. The first-order valence-corrected chi connectivity index (χ1v) is 8.47. The number of carboxylic acid groups (broad SMARTS) is 1. The van der Waals surface area contributed by atoms with Crippen molar-refractivity contribution in [2.75, 3.05) is 0 Å². The molecule has 20 heavy (non-hydrogen) atoms. The van der Waals surface area contributed by atoms with Crippen molar-refractivity contribution in [2.45, 2.75) is 103 Å². The molecule has 0 aliphatic rings. The predicted octanol–water partition coefficient (Wildman–Crippen LogP) is 4.61. The minimum Gasteiger partial charge on any atom is -0.550 e. The zero-order chi connectivity index (χ0) is 14.2. The number of carbonyl (C=O) groups excluding carboxylic acids is 1. The summed E-state index contributed by atoms with van der Waals surface area (Å²) >= 11 is 0. The van der Waals surface area contributed by atoms with E-state index in [-0.39, 0.29) is 23.5 Å². The van der Waals surface area contributed by atoms with E-state index in [1.54, 1.807) is 0 Å². The molecule has 0 aromatic rings. The smallest absolute Gasteiger partial charge is 0.550 e. The van der Waals surface area contributed by atoms with Crippen LogP contribution in [-0.4, -0.2) is 5.97 Å². The van der Waals surface area contributed by atoms with Gasteiger partial charge in [0.2, 0.25) is 0 Å². The summed E-state index contributed by atoms with van der Waals surface area (Å²) in [4.78, 5) is 10.2. The van der Waals surface area contributed by atoms with Crippen LogP contribution in [0.4, 0.5) is 0 Å². The molecule has 0 aliphatic heterocycles. The maximum absolute atomic E-state index is 10.2. The molecule has 3 heteroatoms. The molecular weight excluding hydrogens is 300 g/mol. The summed E-state index contributed by atoms with van der Waals surface area (Å²) in [5.41, 5.74) is 0. The van der Waals surface area contributed by atoms with E-state index in [9.17, 15) is 9.90 Å². The van der Waals surface area contributed by atoms with Gasteiger partial charge in [0.05, 0.1) is 0 Å². The molecule has 0 spiro atoms. The van der Waals surface area contributed by atoms with Gasteiger partial charge in [-0.1, -0.05) is 90.4 Å². The molecule has 0 heterocycles. The second-order valence-electron chi connectivity index (χ2n) is 5.72. The van der Waals surface area contributed by atoms with Gasteiger partial charge in [-0.05, 0) is 12.8 Å². The fourth-order valence-electron chi connectivity index (χ4n) is 2.46. The minimum absolute atomic E-state index is 0. The maximum Gasteiger partial charge on any atom is 1.00 e. The molecule has 0 saturated carbocycles. The Morgan fingerprint density at radius 3 is 1.25 bits per heavy atom. The van der Waals surface area contributed by atoms with Gasteiger partial charge in [0.15, 0.2) is 0 Å². The van der Waals surface area contributed by atoms with E-state index in [0.29, 0.717) is 0 Å². The van der Waals surface area contributed by atoms with Crippen LogP contribution in [0.2, 0.25) is 0 Å². The largest absolute Gasteiger partial charge is 1.00 e. The van der Waals surface area contributed by atoms with E-state index in [1.807, 2.05) is 0 Å². The second kappa shape index (κ2) is 19.0. The van der Waals surface area contributed by atoms with Crippen molar-refractivity contribution in [3.63, 3.8) is 0 Å². The van der Waals surface area contributed by atoms with E-state index in [0.717, 1.165) is 12.8 Å². The maximum atomic E-state index is 10.2. The number of carboxylic acids is 1. The van der Waals surface area contributed by atoms with Gasteiger partial charge in [-0.2, -0.15) is 0 Å². The number of aliphatic carboxylic acids is 1. The summed E-state index contributed by atoms with van der Waals surface area (Å²) in [6, 6.07) is 0. The normalized spacial score (nSPS) is 10.2. The van der Waals surface area contributed by atoms with Crippen LogP contribution in [-0.2, 0) is 21.9 Å². The van der Waals surface area contributed by atoms with Gasteiger partial charge < -0.3 is 9.90 Å². The standard InChI is InChI=1S/C17H34O2.Cu/c1-2-3-4-5-6-7-8-9-10-11-12-13-14-15-16-17(18)19;/h2-16H2,1H3,(H,18,19);/q;+1/p-1. The number of carbonyl (C=O) groups is 1. The van der Waals surface area contributed by atoms with Gasteiger partial charge in [-0.15, -0.1) is 0 Å². The minimum atomic E-state index is -0.904. The van der Waals surface area contributed by atoms with E-state index in [2.05, 4.69) is 6.92 Å². The van der Waals surface area contributed by atoms with Crippen LogP contribution < -0.4 is 5.11 Å². The fraction of sp³-hybridized carbons (Fsp3) is 0.941. The first-order valence-electron chi connectivity index (χ1n) is 8.47. The summed E-state index contributed by atoms with van der Waals surface area (Å²) in [5.74, 6) is -0.904. The Morgan fingerprint density at radius 2 is 0.950 bits per heavy atom.